The van der Waals surface area contributed by atoms with E-state index in [-0.39, 0.29) is 30.0 Å². The third-order valence-electron chi connectivity index (χ3n) is 5.32. The van der Waals surface area contributed by atoms with E-state index in [1.165, 1.54) is 4.88 Å². The number of hydrogen-bond donors (Lipinski definition) is 2. The Morgan fingerprint density at radius 3 is 2.97 bits per heavy atom. The number of nitrogens with one attached hydrogen (secondary N) is 2. The molecular weight excluding hydrogens is 541 g/mol. The maximum absolute atomic E-state index is 5.16. The van der Waals surface area contributed by atoms with Crippen LogP contribution in [0.25, 0.3) is 0 Å². The minimum absolute atomic E-state index is 0. The number of aliphatic imine (C=N–C) groups is 1. The van der Waals surface area contributed by atoms with Crippen molar-refractivity contribution in [2.75, 3.05) is 13.7 Å². The van der Waals surface area contributed by atoms with Gasteiger partial charge < -0.3 is 19.9 Å². The Morgan fingerprint density at radius 1 is 1.38 bits per heavy atom. The molecule has 3 aromatic heterocycles. The molecule has 0 amide bonds. The molecule has 1 atom stereocenters. The molecule has 4 rings (SSSR count). The Hall–Kier alpha value is -2.06. The molecule has 12 heteroatoms. The van der Waals surface area contributed by atoms with Crippen LogP contribution in [0.4, 0.5) is 0 Å². The molecule has 3 aromatic rings. The SMILES string of the molecule is COCc1nc2n(n1)CC(NC(=NCc1nnc(C)n1C)NCCc1cccs1)CC2.I. The van der Waals surface area contributed by atoms with Crippen LogP contribution in [0.15, 0.2) is 22.5 Å². The highest BCUT2D eigenvalue weighted by atomic mass is 127. The van der Waals surface area contributed by atoms with E-state index in [0.29, 0.717) is 13.2 Å². The second-order valence-electron chi connectivity index (χ2n) is 7.58. The van der Waals surface area contributed by atoms with E-state index >= 15 is 0 Å². The number of nitrogens with zero attached hydrogens (tertiary/aromatic N) is 7. The summed E-state index contributed by atoms with van der Waals surface area (Å²) < 4.78 is 9.10. The lowest BCUT2D eigenvalue weighted by Crippen LogP contribution is -2.47. The molecule has 1 aliphatic rings. The maximum atomic E-state index is 5.16. The van der Waals surface area contributed by atoms with Gasteiger partial charge in [-0.3, -0.25) is 0 Å². The van der Waals surface area contributed by atoms with Gasteiger partial charge in [-0.15, -0.1) is 45.5 Å². The summed E-state index contributed by atoms with van der Waals surface area (Å²) in [6.45, 7) is 4.40. The van der Waals surface area contributed by atoms with E-state index in [9.17, 15) is 0 Å². The van der Waals surface area contributed by atoms with Gasteiger partial charge in [-0.2, -0.15) is 5.10 Å². The lowest BCUT2D eigenvalue weighted by Gasteiger charge is -2.25. The number of aromatic nitrogens is 6. The number of guanidine groups is 1. The van der Waals surface area contributed by atoms with E-state index < -0.39 is 0 Å². The molecule has 0 aromatic carbocycles. The van der Waals surface area contributed by atoms with E-state index in [1.807, 2.05) is 23.2 Å². The van der Waals surface area contributed by atoms with Gasteiger partial charge in [-0.05, 0) is 31.2 Å². The van der Waals surface area contributed by atoms with Crippen LogP contribution in [0.1, 0.15) is 34.6 Å². The van der Waals surface area contributed by atoms with Crippen LogP contribution in [-0.4, -0.2) is 55.2 Å². The Labute approximate surface area is 208 Å². The maximum Gasteiger partial charge on any atom is 0.192 e. The zero-order valence-corrected chi connectivity index (χ0v) is 21.8. The second kappa shape index (κ2) is 11.7. The van der Waals surface area contributed by atoms with Crippen LogP contribution in [-0.2, 0) is 44.3 Å². The van der Waals surface area contributed by atoms with Crippen LogP contribution in [0, 0.1) is 6.92 Å². The highest BCUT2D eigenvalue weighted by Gasteiger charge is 2.22. The largest absolute Gasteiger partial charge is 0.377 e. The fraction of sp³-hybridized carbons (Fsp3) is 0.550. The first-order valence-electron chi connectivity index (χ1n) is 10.5. The molecule has 10 nitrogen and oxygen atoms in total. The van der Waals surface area contributed by atoms with Gasteiger partial charge in [0.25, 0.3) is 0 Å². The van der Waals surface area contributed by atoms with Gasteiger partial charge in [0.2, 0.25) is 0 Å². The molecule has 0 spiro atoms. The fourth-order valence-electron chi connectivity index (χ4n) is 3.51. The number of aryl methyl sites for hydroxylation is 2. The van der Waals surface area contributed by atoms with E-state index in [4.69, 9.17) is 9.73 Å². The molecule has 0 saturated carbocycles. The summed E-state index contributed by atoms with van der Waals surface area (Å²) in [6.07, 6.45) is 2.80. The summed E-state index contributed by atoms with van der Waals surface area (Å²) in [4.78, 5) is 10.7. The van der Waals surface area contributed by atoms with Crippen molar-refractivity contribution in [2.24, 2.45) is 12.0 Å². The van der Waals surface area contributed by atoms with Gasteiger partial charge in [-0.1, -0.05) is 6.07 Å². The number of hydrogen-bond acceptors (Lipinski definition) is 7. The smallest absolute Gasteiger partial charge is 0.192 e. The van der Waals surface area contributed by atoms with Crippen molar-refractivity contribution in [3.8, 4) is 0 Å². The van der Waals surface area contributed by atoms with Crippen molar-refractivity contribution in [3.05, 3.63) is 45.7 Å². The monoisotopic (exact) mass is 571 g/mol. The van der Waals surface area contributed by atoms with Gasteiger partial charge in [-0.25, -0.2) is 14.7 Å². The topological polar surface area (TPSA) is 107 Å². The third kappa shape index (κ3) is 6.25. The molecule has 174 valence electrons. The minimum Gasteiger partial charge on any atom is -0.377 e. The van der Waals surface area contributed by atoms with Crippen molar-refractivity contribution in [1.82, 2.24) is 40.2 Å². The Balaban J connectivity index is 0.00000289. The Kier molecular flexibility index (Phi) is 8.99. The van der Waals surface area contributed by atoms with Crippen LogP contribution < -0.4 is 10.6 Å². The van der Waals surface area contributed by atoms with E-state index in [1.54, 1.807) is 18.4 Å². The summed E-state index contributed by atoms with van der Waals surface area (Å²) in [5.41, 5.74) is 0. The molecule has 1 unspecified atom stereocenters. The number of methoxy groups -OCH3 is 1. The number of rotatable bonds is 8. The summed E-state index contributed by atoms with van der Waals surface area (Å²) in [5, 5.41) is 22.1. The van der Waals surface area contributed by atoms with Crippen molar-refractivity contribution >= 4 is 41.3 Å². The molecule has 1 aliphatic heterocycles. The van der Waals surface area contributed by atoms with Gasteiger partial charge in [0.15, 0.2) is 17.6 Å². The zero-order valence-electron chi connectivity index (χ0n) is 18.6. The summed E-state index contributed by atoms with van der Waals surface area (Å²) >= 11 is 1.77. The molecule has 0 fully saturated rings. The van der Waals surface area contributed by atoms with Crippen LogP contribution in [0.3, 0.4) is 0 Å². The molecule has 0 bridgehead atoms. The van der Waals surface area contributed by atoms with E-state index in [0.717, 1.165) is 61.6 Å². The molecule has 0 aliphatic carbocycles. The number of thiophene rings is 1. The van der Waals surface area contributed by atoms with E-state index in [2.05, 4.69) is 48.4 Å². The molecule has 32 heavy (non-hydrogen) atoms. The van der Waals surface area contributed by atoms with Crippen LogP contribution in [0.5, 0.6) is 0 Å². The number of fused-ring (bicyclic) bond motifs is 1. The first kappa shape index (κ1) is 24.6. The Morgan fingerprint density at radius 2 is 2.25 bits per heavy atom. The van der Waals surface area contributed by atoms with Crippen molar-refractivity contribution in [1.29, 1.82) is 0 Å². The quantitative estimate of drug-likeness (QED) is 0.242. The summed E-state index contributed by atoms with van der Waals surface area (Å²) in [6, 6.07) is 4.46. The molecule has 2 N–H and O–H groups in total. The fourth-order valence-corrected chi connectivity index (χ4v) is 4.22. The van der Waals surface area contributed by atoms with Crippen LogP contribution in [0.2, 0.25) is 0 Å². The van der Waals surface area contributed by atoms with Gasteiger partial charge in [0.05, 0.1) is 6.54 Å². The Bertz CT molecular complexity index is 1010. The van der Waals surface area contributed by atoms with Crippen molar-refractivity contribution in [2.45, 2.75) is 51.9 Å². The highest BCUT2D eigenvalue weighted by Crippen LogP contribution is 2.14. The normalized spacial score (nSPS) is 15.8. The molecule has 4 heterocycles. The highest BCUT2D eigenvalue weighted by molar-refractivity contribution is 14.0. The van der Waals surface area contributed by atoms with Crippen molar-refractivity contribution < 1.29 is 4.74 Å². The number of ether oxygens (including phenoxy) is 1. The standard InChI is InChI=1S/C20H29N9OS.HI/c1-14-25-26-19(28(14)2)11-22-20(21-9-8-16-5-4-10-31-16)23-15-6-7-18-24-17(13-30-3)27-29(18)12-15;/h4-5,10,15H,6-9,11-13H2,1-3H3,(H2,21,22,23);1H. The minimum atomic E-state index is 0. The average molecular weight is 571 g/mol. The lowest BCUT2D eigenvalue weighted by molar-refractivity contribution is 0.177. The predicted molar refractivity (Wildman–Crippen MR) is 134 cm³/mol. The first-order chi connectivity index (χ1) is 15.1. The summed E-state index contributed by atoms with van der Waals surface area (Å²) in [5.74, 6) is 4.25. The molecule has 0 saturated heterocycles. The van der Waals surface area contributed by atoms with Gasteiger partial charge in [0, 0.05) is 38.0 Å². The molecule has 0 radical (unpaired) electrons. The lowest BCUT2D eigenvalue weighted by atomic mass is 10.1. The van der Waals surface area contributed by atoms with Gasteiger partial charge in [0.1, 0.15) is 24.8 Å². The van der Waals surface area contributed by atoms with Crippen molar-refractivity contribution in [3.63, 3.8) is 0 Å². The van der Waals surface area contributed by atoms with Gasteiger partial charge >= 0.3 is 0 Å². The zero-order chi connectivity index (χ0) is 21.6. The molecular formula is C20H30IN9OS. The number of halogens is 1. The predicted octanol–water partition coefficient (Wildman–Crippen LogP) is 1.83. The average Bonchev–Trinajstić information content (AvgIpc) is 3.48. The third-order valence-corrected chi connectivity index (χ3v) is 6.26. The summed E-state index contributed by atoms with van der Waals surface area (Å²) in [7, 11) is 3.62. The van der Waals surface area contributed by atoms with Crippen LogP contribution >= 0.6 is 35.3 Å². The second-order valence-corrected chi connectivity index (χ2v) is 8.61. The first-order valence-corrected chi connectivity index (χ1v) is 11.3.